The van der Waals surface area contributed by atoms with Gasteiger partial charge >= 0.3 is 0 Å². The van der Waals surface area contributed by atoms with Gasteiger partial charge in [-0.15, -0.1) is 0 Å². The van der Waals surface area contributed by atoms with Gasteiger partial charge in [0, 0.05) is 34.6 Å². The minimum atomic E-state index is -1.78. The molecule has 0 aromatic rings. The number of rotatable bonds is 6. The monoisotopic (exact) mass is 400 g/mol. The minimum absolute atomic E-state index is 0.253. The molecule has 0 aliphatic heterocycles. The molecular formula is C19H30Cl2OSi2. The molecule has 0 bridgehead atoms. The lowest BCUT2D eigenvalue weighted by molar-refractivity contribution is 0.283. The van der Waals surface area contributed by atoms with Gasteiger partial charge in [-0.25, -0.2) is 0 Å². The van der Waals surface area contributed by atoms with Crippen LogP contribution >= 0.6 is 23.2 Å². The molecule has 0 amide bonds. The molecule has 0 heterocycles. The number of hydrogen-bond acceptors (Lipinski definition) is 1. The summed E-state index contributed by atoms with van der Waals surface area (Å²) in [7, 11) is -3.35. The van der Waals surface area contributed by atoms with Crippen LogP contribution in [0.5, 0.6) is 0 Å². The third-order valence-corrected chi connectivity index (χ3v) is 11.2. The average molecular weight is 402 g/mol. The second-order valence-corrected chi connectivity index (χ2v) is 18.6. The summed E-state index contributed by atoms with van der Waals surface area (Å²) in [5, 5.41) is 3.40. The van der Waals surface area contributed by atoms with Crippen molar-refractivity contribution in [3.05, 3.63) is 44.6 Å². The maximum atomic E-state index is 6.67. The normalized spacial score (nSPS) is 21.6. The van der Waals surface area contributed by atoms with Crippen molar-refractivity contribution in [2.24, 2.45) is 5.92 Å². The third kappa shape index (κ3) is 4.18. The topological polar surface area (TPSA) is 9.23 Å². The van der Waals surface area contributed by atoms with Crippen LogP contribution in [0.15, 0.2) is 44.6 Å². The zero-order chi connectivity index (χ0) is 18.3. The number of halogens is 2. The van der Waals surface area contributed by atoms with E-state index in [1.807, 2.05) is 0 Å². The summed E-state index contributed by atoms with van der Waals surface area (Å²) in [5.74, 6) is 0.253. The van der Waals surface area contributed by atoms with E-state index in [1.165, 1.54) is 16.3 Å². The van der Waals surface area contributed by atoms with Gasteiger partial charge < -0.3 is 4.43 Å². The standard InChI is InChI=1S/C19H30Cl2OSi2/c1-13(15-9-8-10-16(15)20)19-17(21)11-12-18(19)24(6,7)14(2)22-23(3,4)5/h8-9,12-14H,10-11H2,1-7H3. The van der Waals surface area contributed by atoms with Crippen molar-refractivity contribution in [2.45, 2.75) is 65.2 Å². The highest BCUT2D eigenvalue weighted by molar-refractivity contribution is 6.87. The zero-order valence-electron chi connectivity index (χ0n) is 16.0. The highest BCUT2D eigenvalue weighted by Gasteiger charge is 2.41. The van der Waals surface area contributed by atoms with Crippen LogP contribution in [-0.4, -0.2) is 22.1 Å². The van der Waals surface area contributed by atoms with Crippen LogP contribution in [0.1, 0.15) is 26.7 Å². The Balaban J connectivity index is 2.33. The zero-order valence-corrected chi connectivity index (χ0v) is 19.5. The van der Waals surface area contributed by atoms with E-state index in [0.29, 0.717) is 0 Å². The molecule has 0 spiro atoms. The fourth-order valence-electron chi connectivity index (χ4n) is 3.57. The maximum Gasteiger partial charge on any atom is 0.183 e. The van der Waals surface area contributed by atoms with E-state index in [4.69, 9.17) is 27.6 Å². The molecule has 0 N–H and O–H groups in total. The molecule has 2 unspecified atom stereocenters. The molecule has 24 heavy (non-hydrogen) atoms. The Morgan fingerprint density at radius 3 is 2.12 bits per heavy atom. The Labute approximate surface area is 159 Å². The second-order valence-electron chi connectivity index (χ2n) is 8.42. The Bertz CT molecular complexity index is 636. The maximum absolute atomic E-state index is 6.67. The second kappa shape index (κ2) is 7.28. The molecule has 0 fully saturated rings. The molecule has 2 rings (SSSR count). The smallest absolute Gasteiger partial charge is 0.183 e. The van der Waals surface area contributed by atoms with Gasteiger partial charge in [0.25, 0.3) is 0 Å². The first-order valence-electron chi connectivity index (χ1n) is 8.77. The largest absolute Gasteiger partial charge is 0.418 e. The SMILES string of the molecule is CC(C1=C(Cl)CC=C1)C1=C(Cl)CC=C1[Si](C)(C)C(C)O[Si](C)(C)C. The van der Waals surface area contributed by atoms with Gasteiger partial charge in [0.1, 0.15) is 8.07 Å². The lowest BCUT2D eigenvalue weighted by Crippen LogP contribution is -2.49. The fourth-order valence-corrected chi connectivity index (χ4v) is 9.73. The van der Waals surface area contributed by atoms with Gasteiger partial charge in [-0.3, -0.25) is 0 Å². The van der Waals surface area contributed by atoms with E-state index < -0.39 is 16.4 Å². The summed E-state index contributed by atoms with van der Waals surface area (Å²) in [5.41, 5.74) is 2.81. The fraction of sp³-hybridized carbons (Fsp3) is 0.579. The van der Waals surface area contributed by atoms with Gasteiger partial charge in [0.05, 0.1) is 0 Å². The molecule has 5 heteroatoms. The van der Waals surface area contributed by atoms with Crippen molar-refractivity contribution >= 4 is 39.6 Å². The number of hydrogen-bond donors (Lipinski definition) is 0. The molecule has 134 valence electrons. The molecule has 0 radical (unpaired) electrons. The van der Waals surface area contributed by atoms with Gasteiger partial charge in [-0.2, -0.15) is 0 Å². The minimum Gasteiger partial charge on any atom is -0.418 e. The Hall–Kier alpha value is -0.0662. The van der Waals surface area contributed by atoms with Crippen LogP contribution in [0.25, 0.3) is 0 Å². The van der Waals surface area contributed by atoms with E-state index in [0.717, 1.165) is 22.9 Å². The van der Waals surface area contributed by atoms with Gasteiger partial charge in [0.2, 0.25) is 0 Å². The first-order valence-corrected chi connectivity index (χ1v) is 16.0. The summed E-state index contributed by atoms with van der Waals surface area (Å²) >= 11 is 13.1. The lowest BCUT2D eigenvalue weighted by Gasteiger charge is -2.37. The van der Waals surface area contributed by atoms with Crippen LogP contribution in [0, 0.1) is 5.92 Å². The van der Waals surface area contributed by atoms with E-state index in [1.54, 1.807) is 0 Å². The van der Waals surface area contributed by atoms with Crippen molar-refractivity contribution in [3.63, 3.8) is 0 Å². The van der Waals surface area contributed by atoms with Crippen LogP contribution in [0.2, 0.25) is 32.7 Å². The van der Waals surface area contributed by atoms with E-state index in [-0.39, 0.29) is 11.6 Å². The highest BCUT2D eigenvalue weighted by Crippen LogP contribution is 2.45. The van der Waals surface area contributed by atoms with Crippen LogP contribution in [0.4, 0.5) is 0 Å². The molecule has 1 nitrogen and oxygen atoms in total. The molecule has 2 aliphatic carbocycles. The van der Waals surface area contributed by atoms with Crippen molar-refractivity contribution in [1.29, 1.82) is 0 Å². The third-order valence-electron chi connectivity index (χ3n) is 5.12. The van der Waals surface area contributed by atoms with Gasteiger partial charge in [-0.1, -0.05) is 66.6 Å². The number of allylic oxidation sites excluding steroid dienone is 8. The first kappa shape index (κ1) is 20.2. The molecular weight excluding hydrogens is 371 g/mol. The van der Waals surface area contributed by atoms with Gasteiger partial charge in [-0.05, 0) is 37.7 Å². The van der Waals surface area contributed by atoms with E-state index in [9.17, 15) is 0 Å². The molecule has 2 aliphatic rings. The first-order chi connectivity index (χ1) is 10.9. The molecule has 0 aromatic heterocycles. The molecule has 0 aromatic carbocycles. The van der Waals surface area contributed by atoms with Crippen LogP contribution in [-0.2, 0) is 4.43 Å². The molecule has 0 saturated carbocycles. The lowest BCUT2D eigenvalue weighted by atomic mass is 9.94. The quantitative estimate of drug-likeness (QED) is 0.439. The molecule has 0 saturated heterocycles. The summed E-state index contributed by atoms with van der Waals surface area (Å²) in [6.45, 7) is 16.1. The Kier molecular flexibility index (Phi) is 6.14. The average Bonchev–Trinajstić information content (AvgIpc) is 3.02. The Morgan fingerprint density at radius 1 is 1.00 bits per heavy atom. The predicted molar refractivity (Wildman–Crippen MR) is 113 cm³/mol. The van der Waals surface area contributed by atoms with Crippen molar-refractivity contribution < 1.29 is 4.43 Å². The van der Waals surface area contributed by atoms with Crippen molar-refractivity contribution in [2.75, 3.05) is 0 Å². The van der Waals surface area contributed by atoms with Crippen molar-refractivity contribution in [3.8, 4) is 0 Å². The summed E-state index contributed by atoms with van der Waals surface area (Å²) in [6.07, 6.45) is 8.34. The summed E-state index contributed by atoms with van der Waals surface area (Å²) < 4.78 is 6.47. The Morgan fingerprint density at radius 2 is 1.62 bits per heavy atom. The predicted octanol–water partition coefficient (Wildman–Crippen LogP) is 6.93. The van der Waals surface area contributed by atoms with E-state index >= 15 is 0 Å². The van der Waals surface area contributed by atoms with Gasteiger partial charge in [0.15, 0.2) is 8.32 Å². The molecule has 2 atom stereocenters. The summed E-state index contributed by atoms with van der Waals surface area (Å²) in [4.78, 5) is 0. The van der Waals surface area contributed by atoms with E-state index in [2.05, 4.69) is 64.8 Å². The van der Waals surface area contributed by atoms with Crippen LogP contribution < -0.4 is 0 Å². The van der Waals surface area contributed by atoms with Crippen molar-refractivity contribution in [1.82, 2.24) is 0 Å². The highest BCUT2D eigenvalue weighted by atomic mass is 35.5. The summed E-state index contributed by atoms with van der Waals surface area (Å²) in [6, 6.07) is 0. The van der Waals surface area contributed by atoms with Crippen LogP contribution in [0.3, 0.4) is 0 Å².